The van der Waals surface area contributed by atoms with Gasteiger partial charge in [-0.15, -0.1) is 0 Å². The first-order valence-electron chi connectivity index (χ1n) is 24.8. The molecule has 2 aliphatic carbocycles. The summed E-state index contributed by atoms with van der Waals surface area (Å²) in [6.45, 7) is 3.73. The van der Waals surface area contributed by atoms with Gasteiger partial charge in [-0.05, 0) is 110 Å². The molecule has 4 aromatic heterocycles. The maximum Gasteiger partial charge on any atom is 0.263 e. The molecule has 26 heteroatoms. The van der Waals surface area contributed by atoms with Crippen molar-refractivity contribution in [1.29, 1.82) is 0 Å². The van der Waals surface area contributed by atoms with Crippen molar-refractivity contribution < 1.29 is 44.7 Å². The molecule has 0 bridgehead atoms. The number of aromatic nitrogens is 6. The van der Waals surface area contributed by atoms with Gasteiger partial charge in [0.2, 0.25) is 23.6 Å². The first kappa shape index (κ1) is 56.7. The third-order valence-electron chi connectivity index (χ3n) is 12.8. The van der Waals surface area contributed by atoms with Crippen molar-refractivity contribution in [3.63, 3.8) is 0 Å². The minimum atomic E-state index is -4.23. The van der Waals surface area contributed by atoms with Crippen LogP contribution in [0.25, 0.3) is 44.1 Å². The monoisotopic (exact) mass is 1170 g/mol. The highest BCUT2D eigenvalue weighted by Crippen LogP contribution is 2.38. The molecule has 8 aromatic rings. The summed E-state index contributed by atoms with van der Waals surface area (Å²) in [5, 5.41) is 5.23. The van der Waals surface area contributed by atoms with E-state index in [1.54, 1.807) is 62.4 Å². The Kier molecular flexibility index (Phi) is 16.5. The third kappa shape index (κ3) is 13.0. The highest BCUT2D eigenvalue weighted by molar-refractivity contribution is 7.93. The van der Waals surface area contributed by atoms with Gasteiger partial charge in [-0.25, -0.2) is 45.6 Å². The number of nitrogens with one attached hydrogen (secondary N) is 4. The van der Waals surface area contributed by atoms with Gasteiger partial charge in [0.15, 0.2) is 0 Å². The Bertz CT molecular complexity index is 3850. The first-order chi connectivity index (χ1) is 38.1. The lowest BCUT2D eigenvalue weighted by atomic mass is 10.0. The van der Waals surface area contributed by atoms with Crippen LogP contribution in [0, 0.1) is 23.5 Å². The number of benzene rings is 4. The summed E-state index contributed by atoms with van der Waals surface area (Å²) < 4.78 is 99.0. The topological polar surface area (TPSA) is 265 Å². The molecule has 0 unspecified atom stereocenters. The number of halogens is 4. The van der Waals surface area contributed by atoms with Crippen LogP contribution in [0.5, 0.6) is 11.8 Å². The van der Waals surface area contributed by atoms with Crippen molar-refractivity contribution in [2.45, 2.75) is 74.6 Å². The van der Waals surface area contributed by atoms with Crippen LogP contribution < -0.4 is 40.7 Å². The largest absolute Gasteiger partial charge is 0.473 e. The molecule has 2 fully saturated rings. The highest BCUT2D eigenvalue weighted by Gasteiger charge is 2.30. The second kappa shape index (κ2) is 23.3. The summed E-state index contributed by atoms with van der Waals surface area (Å²) in [6.07, 6.45) is 8.99. The van der Waals surface area contributed by atoms with Crippen LogP contribution >= 0.6 is 23.2 Å². The number of hydrogen-bond donors (Lipinski definition) is 4. The molecule has 2 atom stereocenters. The van der Waals surface area contributed by atoms with Crippen LogP contribution in [0.4, 0.5) is 20.2 Å². The summed E-state index contributed by atoms with van der Waals surface area (Å²) in [7, 11) is -5.40. The first-order valence-corrected chi connectivity index (χ1v) is 28.5. The van der Waals surface area contributed by atoms with E-state index in [4.69, 9.17) is 32.7 Å². The number of hydrogen-bond acceptors (Lipinski definition) is 14. The van der Waals surface area contributed by atoms with Gasteiger partial charge in [-0.1, -0.05) is 49.2 Å². The Morgan fingerprint density at radius 2 is 0.975 bits per heavy atom. The van der Waals surface area contributed by atoms with Gasteiger partial charge < -0.3 is 20.1 Å². The Balaban J connectivity index is 0.000000194. The molecule has 4 aromatic carbocycles. The molecule has 4 heterocycles. The minimum absolute atomic E-state index is 0.0629. The second-order valence-electron chi connectivity index (χ2n) is 19.0. The van der Waals surface area contributed by atoms with E-state index in [1.165, 1.54) is 48.3 Å². The van der Waals surface area contributed by atoms with Crippen LogP contribution in [0.3, 0.4) is 0 Å². The lowest BCUT2D eigenvalue weighted by Crippen LogP contribution is -2.32. The van der Waals surface area contributed by atoms with Crippen molar-refractivity contribution in [1.82, 2.24) is 39.7 Å². The van der Waals surface area contributed by atoms with Crippen LogP contribution in [-0.4, -0.2) is 84.0 Å². The van der Waals surface area contributed by atoms with Gasteiger partial charge in [-0.2, -0.15) is 0 Å². The lowest BCUT2D eigenvalue weighted by molar-refractivity contribution is -0.125. The molecule has 2 amide bonds. The number of fused-ring (bicyclic) bond motifs is 2. The van der Waals surface area contributed by atoms with E-state index in [0.717, 1.165) is 62.1 Å². The molecule has 4 N–H and O–H groups in total. The van der Waals surface area contributed by atoms with E-state index < -0.39 is 43.5 Å². The van der Waals surface area contributed by atoms with Gasteiger partial charge in [0.25, 0.3) is 31.2 Å². The zero-order valence-corrected chi connectivity index (χ0v) is 46.2. The van der Waals surface area contributed by atoms with Gasteiger partial charge in [0.1, 0.15) is 45.0 Å². The normalized spacial score (nSPS) is 14.1. The van der Waals surface area contributed by atoms with Crippen molar-refractivity contribution in [3.05, 3.63) is 152 Å². The molecular weight excluding hydrogens is 1120 g/mol. The number of ether oxygens (including phenoxy) is 2. The fraction of sp³-hybridized carbons (Fsp3) is 0.259. The molecular formula is C54H50Cl2F2N10O10S2. The number of nitrogens with zero attached hydrogens (tertiary/aromatic N) is 6. The predicted molar refractivity (Wildman–Crippen MR) is 297 cm³/mol. The molecule has 2 saturated carbocycles. The Labute approximate surface area is 466 Å². The van der Waals surface area contributed by atoms with Crippen LogP contribution in [-0.2, 0) is 42.7 Å². The molecule has 0 spiro atoms. The summed E-state index contributed by atoms with van der Waals surface area (Å²) in [5.41, 5.74) is 2.57. The van der Waals surface area contributed by atoms with E-state index in [9.17, 15) is 44.8 Å². The van der Waals surface area contributed by atoms with Crippen molar-refractivity contribution in [2.24, 2.45) is 11.8 Å². The van der Waals surface area contributed by atoms with Crippen molar-refractivity contribution in [3.8, 4) is 34.0 Å². The summed E-state index contributed by atoms with van der Waals surface area (Å²) in [4.78, 5) is 67.2. The number of sulfonamides is 2. The quantitative estimate of drug-likeness (QED) is 0.0636. The van der Waals surface area contributed by atoms with E-state index >= 15 is 0 Å². The minimum Gasteiger partial charge on any atom is -0.473 e. The van der Waals surface area contributed by atoms with Gasteiger partial charge >= 0.3 is 0 Å². The standard InChI is InChI=1S/2C27H25ClFN5O5S/c2*1-15(25(35)30-2)13-34-14-32-22-7-3-16(9-20(22)27(34)36)17-10-23(26(31-12-17)39-19-5-6-19)33-40(37,38)24-8-4-18(29)11-21(24)28/h2*3-4,7-12,14-15,19,33H,5-6,13H2,1-2H3,(H,30,35)/t2*15-/m10/s1. The molecule has 80 heavy (non-hydrogen) atoms. The maximum absolute atomic E-state index is 13.5. The fourth-order valence-corrected chi connectivity index (χ4v) is 11.4. The van der Waals surface area contributed by atoms with Gasteiger partial charge in [-0.3, -0.25) is 37.8 Å². The van der Waals surface area contributed by atoms with Crippen molar-refractivity contribution in [2.75, 3.05) is 23.5 Å². The Hall–Kier alpha value is -8.06. The molecule has 2 aliphatic rings. The maximum atomic E-state index is 13.5. The Morgan fingerprint density at radius 1 is 0.588 bits per heavy atom. The van der Waals surface area contributed by atoms with Crippen molar-refractivity contribution >= 4 is 88.2 Å². The summed E-state index contributed by atoms with van der Waals surface area (Å²) in [5.74, 6) is -2.45. The number of pyridine rings is 2. The summed E-state index contributed by atoms with van der Waals surface area (Å²) >= 11 is 12.0. The fourth-order valence-electron chi connectivity index (χ4n) is 8.21. The number of carbonyl (C=O) groups is 2. The molecule has 416 valence electrons. The van der Waals surface area contributed by atoms with E-state index in [1.807, 2.05) is 0 Å². The smallest absolute Gasteiger partial charge is 0.263 e. The average molecular weight is 1170 g/mol. The SMILES string of the molecule is CNC(=O)[C@@H](C)Cn1cnc2ccc(-c3cnc(OC4CC4)c(NS(=O)(=O)c4ccc(F)cc4Cl)c3)cc2c1=O.CNC(=O)[C@H](C)Cn1cnc2ccc(-c3cnc(OC4CC4)c(NS(=O)(=O)c4ccc(F)cc4Cl)c3)cc2c1=O. The van der Waals surface area contributed by atoms with Gasteiger partial charge in [0, 0.05) is 50.7 Å². The Morgan fingerprint density at radius 3 is 1.32 bits per heavy atom. The molecule has 10 rings (SSSR count). The number of carbonyl (C=O) groups excluding carboxylic acids is 2. The lowest BCUT2D eigenvalue weighted by Gasteiger charge is -2.15. The zero-order valence-electron chi connectivity index (χ0n) is 43.0. The van der Waals surface area contributed by atoms with Crippen LogP contribution in [0.2, 0.25) is 10.0 Å². The van der Waals surface area contributed by atoms with E-state index in [-0.39, 0.29) is 91.2 Å². The van der Waals surface area contributed by atoms with E-state index in [2.05, 4.69) is 40.0 Å². The molecule has 0 aliphatic heterocycles. The van der Waals surface area contributed by atoms with E-state index in [0.29, 0.717) is 44.1 Å². The summed E-state index contributed by atoms with van der Waals surface area (Å²) in [6, 6.07) is 19.2. The highest BCUT2D eigenvalue weighted by atomic mass is 35.5. The molecule has 20 nitrogen and oxygen atoms in total. The van der Waals surface area contributed by atoms with Crippen LogP contribution in [0.1, 0.15) is 39.5 Å². The van der Waals surface area contributed by atoms with Gasteiger partial charge in [0.05, 0.1) is 56.3 Å². The number of rotatable bonds is 18. The number of amides is 2. The average Bonchev–Trinajstić information content (AvgIpc) is 4.39. The van der Waals surface area contributed by atoms with Crippen LogP contribution in [0.15, 0.2) is 129 Å². The molecule has 0 saturated heterocycles. The molecule has 0 radical (unpaired) electrons. The predicted octanol–water partition coefficient (Wildman–Crippen LogP) is 7.95. The second-order valence-corrected chi connectivity index (χ2v) is 23.2. The third-order valence-corrected chi connectivity index (χ3v) is 16.5. The zero-order chi connectivity index (χ0) is 57.2. The number of anilines is 2.